The summed E-state index contributed by atoms with van der Waals surface area (Å²) in [4.78, 5) is 22.0. The third-order valence-electron chi connectivity index (χ3n) is 2.63. The predicted octanol–water partition coefficient (Wildman–Crippen LogP) is 1.56. The van der Waals surface area contributed by atoms with Gasteiger partial charge in [0.25, 0.3) is 5.91 Å². The number of anilines is 1. The van der Waals surface area contributed by atoms with Crippen LogP contribution >= 0.6 is 0 Å². The Morgan fingerprint density at radius 2 is 2.06 bits per heavy atom. The van der Waals surface area contributed by atoms with Gasteiger partial charge in [-0.1, -0.05) is 0 Å². The number of nitrogens with two attached hydrogens (primary N) is 1. The molecule has 0 spiro atoms. The van der Waals surface area contributed by atoms with E-state index in [9.17, 15) is 9.59 Å². The molecular weight excluding hydrogens is 232 g/mol. The molecule has 98 valence electrons. The fraction of sp³-hybridized carbons (Fsp3) is 0.385. The van der Waals surface area contributed by atoms with Gasteiger partial charge in [0.05, 0.1) is 0 Å². The Balaban J connectivity index is 2.36. The SMILES string of the molecule is Cc1cc(C(=O)NCCCCC(=O)O)ccc1N. The summed E-state index contributed by atoms with van der Waals surface area (Å²) in [7, 11) is 0. The first kappa shape index (κ1) is 14.0. The molecule has 1 aromatic rings. The summed E-state index contributed by atoms with van der Waals surface area (Å²) < 4.78 is 0. The topological polar surface area (TPSA) is 92.4 Å². The molecule has 0 saturated heterocycles. The summed E-state index contributed by atoms with van der Waals surface area (Å²) in [6.45, 7) is 2.33. The van der Waals surface area contributed by atoms with Gasteiger partial charge in [-0.2, -0.15) is 0 Å². The van der Waals surface area contributed by atoms with Crippen LogP contribution in [-0.4, -0.2) is 23.5 Å². The van der Waals surface area contributed by atoms with E-state index in [-0.39, 0.29) is 12.3 Å². The number of aliphatic carboxylic acids is 1. The number of hydrogen-bond donors (Lipinski definition) is 3. The second-order valence-electron chi connectivity index (χ2n) is 4.18. The van der Waals surface area contributed by atoms with Gasteiger partial charge in [-0.15, -0.1) is 0 Å². The third kappa shape index (κ3) is 4.45. The van der Waals surface area contributed by atoms with Crippen molar-refractivity contribution in [3.63, 3.8) is 0 Å². The zero-order chi connectivity index (χ0) is 13.5. The zero-order valence-electron chi connectivity index (χ0n) is 10.4. The monoisotopic (exact) mass is 250 g/mol. The molecule has 0 bridgehead atoms. The number of nitrogens with one attached hydrogen (secondary N) is 1. The minimum atomic E-state index is -0.810. The van der Waals surface area contributed by atoms with Crippen molar-refractivity contribution in [1.29, 1.82) is 0 Å². The number of benzene rings is 1. The minimum absolute atomic E-state index is 0.136. The highest BCUT2D eigenvalue weighted by Crippen LogP contribution is 2.12. The molecule has 0 aliphatic rings. The second-order valence-corrected chi connectivity index (χ2v) is 4.18. The minimum Gasteiger partial charge on any atom is -0.481 e. The van der Waals surface area contributed by atoms with Gasteiger partial charge in [-0.3, -0.25) is 9.59 Å². The molecule has 0 aliphatic heterocycles. The van der Waals surface area contributed by atoms with Gasteiger partial charge in [0.2, 0.25) is 0 Å². The van der Waals surface area contributed by atoms with E-state index in [4.69, 9.17) is 10.8 Å². The standard InChI is InChI=1S/C13H18N2O3/c1-9-8-10(5-6-11(9)14)13(18)15-7-3-2-4-12(16)17/h5-6,8H,2-4,7,14H2,1H3,(H,15,18)(H,16,17). The number of nitrogen functional groups attached to an aromatic ring is 1. The van der Waals surface area contributed by atoms with E-state index in [1.807, 2.05) is 6.92 Å². The van der Waals surface area contributed by atoms with Crippen molar-refractivity contribution in [2.45, 2.75) is 26.2 Å². The van der Waals surface area contributed by atoms with Crippen LogP contribution in [0.15, 0.2) is 18.2 Å². The maximum atomic E-state index is 11.7. The molecule has 5 nitrogen and oxygen atoms in total. The number of unbranched alkanes of at least 4 members (excludes halogenated alkanes) is 1. The van der Waals surface area contributed by atoms with E-state index in [2.05, 4.69) is 5.32 Å². The van der Waals surface area contributed by atoms with Gasteiger partial charge in [0.15, 0.2) is 0 Å². The highest BCUT2D eigenvalue weighted by molar-refractivity contribution is 5.94. The molecule has 0 aliphatic carbocycles. The highest BCUT2D eigenvalue weighted by Gasteiger charge is 2.06. The predicted molar refractivity (Wildman–Crippen MR) is 69.4 cm³/mol. The Labute approximate surface area is 106 Å². The first-order valence-corrected chi connectivity index (χ1v) is 5.87. The van der Waals surface area contributed by atoms with Crippen molar-refractivity contribution in [2.75, 3.05) is 12.3 Å². The van der Waals surface area contributed by atoms with Gasteiger partial charge in [0, 0.05) is 24.2 Å². The average molecular weight is 250 g/mol. The first-order chi connectivity index (χ1) is 8.50. The first-order valence-electron chi connectivity index (χ1n) is 5.87. The molecule has 0 radical (unpaired) electrons. The summed E-state index contributed by atoms with van der Waals surface area (Å²) in [6.07, 6.45) is 1.36. The molecule has 1 rings (SSSR count). The van der Waals surface area contributed by atoms with Crippen molar-refractivity contribution in [3.05, 3.63) is 29.3 Å². The quantitative estimate of drug-likeness (QED) is 0.527. The van der Waals surface area contributed by atoms with Crippen LogP contribution < -0.4 is 11.1 Å². The largest absolute Gasteiger partial charge is 0.481 e. The number of carbonyl (C=O) groups excluding carboxylic acids is 1. The second kappa shape index (κ2) is 6.64. The third-order valence-corrected chi connectivity index (χ3v) is 2.63. The molecule has 0 atom stereocenters. The van der Waals surface area contributed by atoms with Crippen LogP contribution in [0, 0.1) is 6.92 Å². The van der Waals surface area contributed by atoms with Crippen molar-refractivity contribution in [1.82, 2.24) is 5.32 Å². The van der Waals surface area contributed by atoms with Crippen LogP contribution in [-0.2, 0) is 4.79 Å². The number of carboxylic acids is 1. The normalized spacial score (nSPS) is 10.1. The molecule has 0 heterocycles. The molecule has 0 aromatic heterocycles. The fourth-order valence-corrected chi connectivity index (χ4v) is 1.52. The Kier molecular flexibility index (Phi) is 5.17. The van der Waals surface area contributed by atoms with Crippen molar-refractivity contribution < 1.29 is 14.7 Å². The number of carboxylic acid groups (broad SMARTS) is 1. The number of carbonyl (C=O) groups is 2. The Morgan fingerprint density at radius 3 is 2.67 bits per heavy atom. The summed E-state index contributed by atoms with van der Waals surface area (Å²) >= 11 is 0. The Bertz CT molecular complexity index is 444. The summed E-state index contributed by atoms with van der Waals surface area (Å²) in [5, 5.41) is 11.2. The van der Waals surface area contributed by atoms with E-state index < -0.39 is 5.97 Å². The lowest BCUT2D eigenvalue weighted by Crippen LogP contribution is -2.24. The van der Waals surface area contributed by atoms with Gasteiger partial charge >= 0.3 is 5.97 Å². The Hall–Kier alpha value is -2.04. The molecule has 1 aromatic carbocycles. The van der Waals surface area contributed by atoms with Crippen LogP contribution in [0.1, 0.15) is 35.2 Å². The van der Waals surface area contributed by atoms with Crippen LogP contribution in [0.5, 0.6) is 0 Å². The van der Waals surface area contributed by atoms with E-state index >= 15 is 0 Å². The summed E-state index contributed by atoms with van der Waals surface area (Å²) in [6, 6.07) is 5.12. The van der Waals surface area contributed by atoms with Crippen molar-refractivity contribution in [2.24, 2.45) is 0 Å². The van der Waals surface area contributed by atoms with Gasteiger partial charge in [-0.25, -0.2) is 0 Å². The van der Waals surface area contributed by atoms with Gasteiger partial charge in [0.1, 0.15) is 0 Å². The number of hydrogen-bond acceptors (Lipinski definition) is 3. The van der Waals surface area contributed by atoms with Gasteiger partial charge in [-0.05, 0) is 43.5 Å². The van der Waals surface area contributed by atoms with Crippen molar-refractivity contribution >= 4 is 17.6 Å². The molecule has 4 N–H and O–H groups in total. The van der Waals surface area contributed by atoms with Gasteiger partial charge < -0.3 is 16.2 Å². The number of rotatable bonds is 6. The molecule has 0 unspecified atom stereocenters. The maximum Gasteiger partial charge on any atom is 0.303 e. The molecule has 18 heavy (non-hydrogen) atoms. The average Bonchev–Trinajstić information content (AvgIpc) is 2.31. The van der Waals surface area contributed by atoms with E-state index in [0.29, 0.717) is 30.6 Å². The Morgan fingerprint density at radius 1 is 1.33 bits per heavy atom. The smallest absolute Gasteiger partial charge is 0.303 e. The maximum absolute atomic E-state index is 11.7. The van der Waals surface area contributed by atoms with Crippen LogP contribution in [0.3, 0.4) is 0 Å². The summed E-state index contributed by atoms with van der Waals surface area (Å²) in [5.74, 6) is -0.969. The number of amides is 1. The van der Waals surface area contributed by atoms with Crippen LogP contribution in [0.2, 0.25) is 0 Å². The number of aryl methyl sites for hydroxylation is 1. The van der Waals surface area contributed by atoms with Crippen LogP contribution in [0.25, 0.3) is 0 Å². The molecule has 0 fully saturated rings. The zero-order valence-corrected chi connectivity index (χ0v) is 10.4. The fourth-order valence-electron chi connectivity index (χ4n) is 1.52. The lowest BCUT2D eigenvalue weighted by atomic mass is 10.1. The summed E-state index contributed by atoms with van der Waals surface area (Å²) in [5.41, 5.74) is 7.77. The van der Waals surface area contributed by atoms with E-state index in [1.54, 1.807) is 18.2 Å². The van der Waals surface area contributed by atoms with Crippen molar-refractivity contribution in [3.8, 4) is 0 Å². The molecule has 0 saturated carbocycles. The van der Waals surface area contributed by atoms with Crippen LogP contribution in [0.4, 0.5) is 5.69 Å². The molecule has 5 heteroatoms. The molecule has 1 amide bonds. The highest BCUT2D eigenvalue weighted by atomic mass is 16.4. The van der Waals surface area contributed by atoms with E-state index in [1.165, 1.54) is 0 Å². The lowest BCUT2D eigenvalue weighted by Gasteiger charge is -2.06. The lowest BCUT2D eigenvalue weighted by molar-refractivity contribution is -0.137. The van der Waals surface area contributed by atoms with E-state index in [0.717, 1.165) is 5.56 Å². The molecular formula is C13H18N2O3.